The first-order valence-corrected chi connectivity index (χ1v) is 10.2. The fourth-order valence-corrected chi connectivity index (χ4v) is 3.97. The number of imidazole rings is 1. The molecule has 0 aliphatic carbocycles. The van der Waals surface area contributed by atoms with Crippen LogP contribution in [0.2, 0.25) is 0 Å². The van der Waals surface area contributed by atoms with Crippen molar-refractivity contribution < 1.29 is 9.59 Å². The monoisotopic (exact) mass is 404 g/mol. The highest BCUT2D eigenvalue weighted by Crippen LogP contribution is 2.29. The van der Waals surface area contributed by atoms with E-state index in [9.17, 15) is 9.59 Å². The SMILES string of the molecule is CNC(=O)[C@@H](NC(=O)c1nc(-c2nccs2)n2c1CN(C)C(C)C2)C(C)(C)C. The smallest absolute Gasteiger partial charge is 0.272 e. The lowest BCUT2D eigenvalue weighted by Gasteiger charge is -2.32. The Morgan fingerprint density at radius 3 is 2.64 bits per heavy atom. The first kappa shape index (κ1) is 20.5. The van der Waals surface area contributed by atoms with Gasteiger partial charge in [-0.05, 0) is 19.4 Å². The molecule has 0 spiro atoms. The van der Waals surface area contributed by atoms with Gasteiger partial charge in [-0.15, -0.1) is 11.3 Å². The van der Waals surface area contributed by atoms with E-state index in [0.29, 0.717) is 24.1 Å². The Kier molecular flexibility index (Phi) is 5.58. The summed E-state index contributed by atoms with van der Waals surface area (Å²) >= 11 is 1.50. The molecule has 28 heavy (non-hydrogen) atoms. The van der Waals surface area contributed by atoms with Crippen molar-refractivity contribution in [2.45, 2.75) is 52.9 Å². The number of carbonyl (C=O) groups excluding carboxylic acids is 2. The highest BCUT2D eigenvalue weighted by Gasteiger charge is 2.35. The van der Waals surface area contributed by atoms with Gasteiger partial charge < -0.3 is 15.2 Å². The Morgan fingerprint density at radius 1 is 1.36 bits per heavy atom. The molecule has 0 aromatic carbocycles. The minimum atomic E-state index is -0.661. The third-order valence-corrected chi connectivity index (χ3v) is 5.93. The molecule has 1 aliphatic heterocycles. The lowest BCUT2D eigenvalue weighted by Crippen LogP contribution is -2.53. The molecule has 3 rings (SSSR count). The fraction of sp³-hybridized carbons (Fsp3) is 0.579. The Bertz CT molecular complexity index is 868. The Hall–Kier alpha value is -2.26. The van der Waals surface area contributed by atoms with Crippen molar-refractivity contribution in [1.29, 1.82) is 0 Å². The van der Waals surface area contributed by atoms with Crippen LogP contribution < -0.4 is 10.6 Å². The largest absolute Gasteiger partial charge is 0.357 e. The second-order valence-corrected chi connectivity index (χ2v) is 9.22. The summed E-state index contributed by atoms with van der Waals surface area (Å²) in [6, 6.07) is -0.338. The maximum Gasteiger partial charge on any atom is 0.272 e. The fourth-order valence-electron chi connectivity index (χ4n) is 3.34. The molecule has 1 aliphatic rings. The van der Waals surface area contributed by atoms with Crippen LogP contribution in [-0.2, 0) is 17.9 Å². The zero-order chi connectivity index (χ0) is 20.6. The number of carbonyl (C=O) groups is 2. The van der Waals surface area contributed by atoms with E-state index in [1.165, 1.54) is 11.3 Å². The van der Waals surface area contributed by atoms with Gasteiger partial charge in [0.05, 0.1) is 5.69 Å². The molecule has 1 unspecified atom stereocenters. The molecule has 9 heteroatoms. The molecular weight excluding hydrogens is 376 g/mol. The van der Waals surface area contributed by atoms with Gasteiger partial charge in [-0.1, -0.05) is 20.8 Å². The van der Waals surface area contributed by atoms with Crippen molar-refractivity contribution >= 4 is 23.2 Å². The van der Waals surface area contributed by atoms with Crippen molar-refractivity contribution in [3.8, 4) is 10.8 Å². The zero-order valence-electron chi connectivity index (χ0n) is 17.2. The number of hydrogen-bond acceptors (Lipinski definition) is 6. The molecule has 2 aromatic rings. The normalized spacial score (nSPS) is 18.4. The summed E-state index contributed by atoms with van der Waals surface area (Å²) in [5.74, 6) is 0.153. The summed E-state index contributed by atoms with van der Waals surface area (Å²) in [5.41, 5.74) is 0.786. The Morgan fingerprint density at radius 2 is 2.07 bits per heavy atom. The molecule has 0 saturated carbocycles. The quantitative estimate of drug-likeness (QED) is 0.810. The maximum atomic E-state index is 13.2. The van der Waals surface area contributed by atoms with Gasteiger partial charge >= 0.3 is 0 Å². The van der Waals surface area contributed by atoms with E-state index in [1.54, 1.807) is 13.2 Å². The summed E-state index contributed by atoms with van der Waals surface area (Å²) in [6.45, 7) is 9.27. The standard InChI is InChI=1S/C19H28N6O2S/c1-11-9-25-12(10-24(11)6)13(22-15(25)18-21-7-8-28-18)16(26)23-14(17(27)20-5)19(2,3)4/h7-8,11,14H,9-10H2,1-6H3,(H,20,27)(H,23,26)/t11?,14-/m1/s1. The highest BCUT2D eigenvalue weighted by molar-refractivity contribution is 7.13. The molecule has 2 N–H and O–H groups in total. The second-order valence-electron chi connectivity index (χ2n) is 8.33. The number of hydrogen-bond donors (Lipinski definition) is 2. The molecule has 2 aromatic heterocycles. The average molecular weight is 405 g/mol. The number of aromatic nitrogens is 3. The van der Waals surface area contributed by atoms with Crippen LogP contribution >= 0.6 is 11.3 Å². The van der Waals surface area contributed by atoms with Crippen molar-refractivity contribution in [2.24, 2.45) is 5.41 Å². The Labute approximate surface area is 169 Å². The number of likely N-dealkylation sites (N-methyl/N-ethyl adjacent to an activating group) is 2. The van der Waals surface area contributed by atoms with Crippen LogP contribution in [0.15, 0.2) is 11.6 Å². The molecule has 2 amide bonds. The molecule has 3 heterocycles. The van der Waals surface area contributed by atoms with E-state index >= 15 is 0 Å². The van der Waals surface area contributed by atoms with Crippen LogP contribution in [0.5, 0.6) is 0 Å². The predicted molar refractivity (Wildman–Crippen MR) is 109 cm³/mol. The van der Waals surface area contributed by atoms with E-state index in [-0.39, 0.29) is 11.8 Å². The molecule has 0 bridgehead atoms. The maximum absolute atomic E-state index is 13.2. The van der Waals surface area contributed by atoms with E-state index in [4.69, 9.17) is 0 Å². The molecule has 0 radical (unpaired) electrons. The number of rotatable bonds is 4. The molecule has 0 saturated heterocycles. The van der Waals surface area contributed by atoms with Gasteiger partial charge in [0.25, 0.3) is 5.91 Å². The minimum absolute atomic E-state index is 0.222. The molecule has 152 valence electrons. The number of amides is 2. The van der Waals surface area contributed by atoms with Gasteiger partial charge in [0.1, 0.15) is 6.04 Å². The topological polar surface area (TPSA) is 92.1 Å². The van der Waals surface area contributed by atoms with Gasteiger partial charge in [-0.3, -0.25) is 14.5 Å². The molecule has 8 nitrogen and oxygen atoms in total. The number of nitrogens with one attached hydrogen (secondary N) is 2. The average Bonchev–Trinajstić information content (AvgIpc) is 3.26. The summed E-state index contributed by atoms with van der Waals surface area (Å²) in [7, 11) is 3.61. The lowest BCUT2D eigenvalue weighted by molar-refractivity contribution is -0.124. The third kappa shape index (κ3) is 3.81. The van der Waals surface area contributed by atoms with Crippen molar-refractivity contribution in [3.05, 3.63) is 23.0 Å². The molecule has 2 atom stereocenters. The van der Waals surface area contributed by atoms with E-state index in [1.807, 2.05) is 33.2 Å². The molecule has 0 fully saturated rings. The summed E-state index contributed by atoms with van der Waals surface area (Å²) in [5, 5.41) is 8.22. The second kappa shape index (κ2) is 7.63. The number of fused-ring (bicyclic) bond motifs is 1. The van der Waals surface area contributed by atoms with Crippen molar-refractivity contribution in [3.63, 3.8) is 0 Å². The van der Waals surface area contributed by atoms with Crippen LogP contribution in [0.25, 0.3) is 10.8 Å². The number of thiazole rings is 1. The van der Waals surface area contributed by atoms with Crippen LogP contribution in [-0.4, -0.2) is 57.4 Å². The van der Waals surface area contributed by atoms with Crippen LogP contribution in [0.4, 0.5) is 0 Å². The van der Waals surface area contributed by atoms with Gasteiger partial charge in [-0.2, -0.15) is 0 Å². The summed E-state index contributed by atoms with van der Waals surface area (Å²) in [6.07, 6.45) is 1.74. The third-order valence-electron chi connectivity index (χ3n) is 5.16. The summed E-state index contributed by atoms with van der Waals surface area (Å²) < 4.78 is 2.09. The zero-order valence-corrected chi connectivity index (χ0v) is 18.1. The van der Waals surface area contributed by atoms with Gasteiger partial charge in [0, 0.05) is 37.8 Å². The van der Waals surface area contributed by atoms with E-state index < -0.39 is 11.5 Å². The van der Waals surface area contributed by atoms with Gasteiger partial charge in [0.15, 0.2) is 16.5 Å². The van der Waals surface area contributed by atoms with Gasteiger partial charge in [0.2, 0.25) is 5.91 Å². The van der Waals surface area contributed by atoms with E-state index in [2.05, 4.69) is 37.0 Å². The first-order valence-electron chi connectivity index (χ1n) is 9.35. The highest BCUT2D eigenvalue weighted by atomic mass is 32.1. The first-order chi connectivity index (χ1) is 13.1. The lowest BCUT2D eigenvalue weighted by atomic mass is 9.86. The van der Waals surface area contributed by atoms with Crippen molar-refractivity contribution in [2.75, 3.05) is 14.1 Å². The number of nitrogens with zero attached hydrogens (tertiary/aromatic N) is 4. The Balaban J connectivity index is 2.01. The van der Waals surface area contributed by atoms with Gasteiger partial charge in [-0.25, -0.2) is 9.97 Å². The van der Waals surface area contributed by atoms with Crippen molar-refractivity contribution in [1.82, 2.24) is 30.1 Å². The summed E-state index contributed by atoms with van der Waals surface area (Å²) in [4.78, 5) is 36.7. The minimum Gasteiger partial charge on any atom is -0.357 e. The predicted octanol–water partition coefficient (Wildman–Crippen LogP) is 1.73. The van der Waals surface area contributed by atoms with Crippen LogP contribution in [0.3, 0.4) is 0 Å². The van der Waals surface area contributed by atoms with Crippen LogP contribution in [0.1, 0.15) is 43.9 Å². The van der Waals surface area contributed by atoms with Crippen LogP contribution in [0, 0.1) is 5.41 Å². The van der Waals surface area contributed by atoms with E-state index in [0.717, 1.165) is 17.2 Å². The molecular formula is C19H28N6O2S.